The zero-order valence-electron chi connectivity index (χ0n) is 15.1. The molecular weight excluding hydrogens is 346 g/mol. The molecule has 1 heterocycles. The van der Waals surface area contributed by atoms with Crippen molar-refractivity contribution in [1.29, 1.82) is 0 Å². The topological polar surface area (TPSA) is 58.4 Å². The van der Waals surface area contributed by atoms with Crippen molar-refractivity contribution in [3.8, 4) is 0 Å². The monoisotopic (exact) mass is 371 g/mol. The molecule has 1 aliphatic heterocycles. The maximum atomic E-state index is 12.5. The first-order valence-electron chi connectivity index (χ1n) is 9.14. The summed E-state index contributed by atoms with van der Waals surface area (Å²) in [5.41, 5.74) is 8.64. The molecule has 1 unspecified atom stereocenters. The summed E-state index contributed by atoms with van der Waals surface area (Å²) in [5.74, 6) is 0.315. The van der Waals surface area contributed by atoms with Crippen molar-refractivity contribution in [2.45, 2.75) is 31.3 Å². The number of benzene rings is 2. The molecule has 0 saturated carbocycles. The molecule has 0 spiro atoms. The van der Waals surface area contributed by atoms with Gasteiger partial charge in [-0.25, -0.2) is 0 Å². The number of halogens is 1. The van der Waals surface area contributed by atoms with E-state index in [4.69, 9.17) is 17.3 Å². The van der Waals surface area contributed by atoms with Gasteiger partial charge in [0.05, 0.1) is 12.6 Å². The Balaban J connectivity index is 1.57. The average Bonchev–Trinajstić information content (AvgIpc) is 3.01. The van der Waals surface area contributed by atoms with Crippen LogP contribution in [0, 0.1) is 0 Å². The van der Waals surface area contributed by atoms with Crippen molar-refractivity contribution in [1.82, 2.24) is 10.2 Å². The number of nitrogens with zero attached hydrogens (tertiary/aromatic N) is 1. The molecular formula is C21H26ClN3O. The van der Waals surface area contributed by atoms with Gasteiger partial charge in [0, 0.05) is 30.1 Å². The highest BCUT2D eigenvalue weighted by Crippen LogP contribution is 2.26. The van der Waals surface area contributed by atoms with Crippen LogP contribution in [-0.4, -0.2) is 36.5 Å². The molecule has 0 radical (unpaired) electrons. The van der Waals surface area contributed by atoms with Crippen LogP contribution in [0.1, 0.15) is 36.4 Å². The summed E-state index contributed by atoms with van der Waals surface area (Å²) in [6, 6.07) is 18.0. The molecule has 0 bridgehead atoms. The maximum Gasteiger partial charge on any atom is 0.234 e. The van der Waals surface area contributed by atoms with Crippen LogP contribution in [0.15, 0.2) is 54.6 Å². The van der Waals surface area contributed by atoms with E-state index in [1.807, 2.05) is 42.5 Å². The maximum absolute atomic E-state index is 12.5. The van der Waals surface area contributed by atoms with Crippen molar-refractivity contribution in [2.75, 3.05) is 19.6 Å². The Morgan fingerprint density at radius 2 is 1.88 bits per heavy atom. The fourth-order valence-electron chi connectivity index (χ4n) is 3.65. The average molecular weight is 372 g/mol. The number of hydrogen-bond donors (Lipinski definition) is 2. The summed E-state index contributed by atoms with van der Waals surface area (Å²) in [5, 5.41) is 3.84. The van der Waals surface area contributed by atoms with E-state index in [0.717, 1.165) is 25.1 Å². The largest absolute Gasteiger partial charge is 0.348 e. The van der Waals surface area contributed by atoms with Gasteiger partial charge >= 0.3 is 0 Å². The fraction of sp³-hybridized carbons (Fsp3) is 0.381. The van der Waals surface area contributed by atoms with E-state index in [1.165, 1.54) is 5.56 Å². The quantitative estimate of drug-likeness (QED) is 0.818. The fourth-order valence-corrected chi connectivity index (χ4v) is 3.78. The molecule has 0 aliphatic carbocycles. The molecule has 3 atom stereocenters. The standard InChI is InChI=1S/C21H26ClN3O/c1-2-20(16-8-10-17(22)11-9-16)24-21(26)14-25-12-18(19(23)13-25)15-6-4-3-5-7-15/h3-11,18-20H,2,12-14,23H2,1H3,(H,24,26)/t18-,19+,20?/m0/s1. The lowest BCUT2D eigenvalue weighted by atomic mass is 9.95. The summed E-state index contributed by atoms with van der Waals surface area (Å²) in [4.78, 5) is 14.7. The van der Waals surface area contributed by atoms with E-state index in [1.54, 1.807) is 0 Å². The predicted octanol–water partition coefficient (Wildman–Crippen LogP) is 3.33. The third-order valence-corrected chi connectivity index (χ3v) is 5.30. The number of likely N-dealkylation sites (tertiary alicyclic amines) is 1. The minimum atomic E-state index is 0.000892. The Labute approximate surface area is 160 Å². The van der Waals surface area contributed by atoms with Gasteiger partial charge in [-0.05, 0) is 29.7 Å². The lowest BCUT2D eigenvalue weighted by Crippen LogP contribution is -2.38. The Hall–Kier alpha value is -1.88. The van der Waals surface area contributed by atoms with Gasteiger partial charge in [-0.3, -0.25) is 9.69 Å². The third kappa shape index (κ3) is 4.64. The summed E-state index contributed by atoms with van der Waals surface area (Å²) in [6.07, 6.45) is 0.833. The van der Waals surface area contributed by atoms with Crippen LogP contribution < -0.4 is 11.1 Å². The number of carbonyl (C=O) groups is 1. The highest BCUT2D eigenvalue weighted by molar-refractivity contribution is 6.30. The summed E-state index contributed by atoms with van der Waals surface area (Å²) in [6.45, 7) is 4.00. The van der Waals surface area contributed by atoms with Crippen molar-refractivity contribution in [2.24, 2.45) is 5.73 Å². The van der Waals surface area contributed by atoms with Crippen LogP contribution in [0.3, 0.4) is 0 Å². The molecule has 4 nitrogen and oxygen atoms in total. The molecule has 3 rings (SSSR count). The van der Waals surface area contributed by atoms with Crippen LogP contribution in [0.2, 0.25) is 5.02 Å². The van der Waals surface area contributed by atoms with Gasteiger partial charge in [0.15, 0.2) is 0 Å². The number of nitrogens with two attached hydrogens (primary N) is 1. The zero-order valence-corrected chi connectivity index (χ0v) is 15.8. The van der Waals surface area contributed by atoms with E-state index < -0.39 is 0 Å². The number of nitrogens with one attached hydrogen (secondary N) is 1. The SMILES string of the molecule is CCC(NC(=O)CN1C[C@@H](N)[C@H](c2ccccc2)C1)c1ccc(Cl)cc1. The number of rotatable bonds is 6. The Bertz CT molecular complexity index is 720. The van der Waals surface area contributed by atoms with Gasteiger partial charge in [0.25, 0.3) is 0 Å². The van der Waals surface area contributed by atoms with E-state index in [9.17, 15) is 4.79 Å². The molecule has 1 aliphatic rings. The highest BCUT2D eigenvalue weighted by Gasteiger charge is 2.32. The smallest absolute Gasteiger partial charge is 0.234 e. The molecule has 0 aromatic heterocycles. The molecule has 1 amide bonds. The molecule has 1 fully saturated rings. The Morgan fingerprint density at radius 1 is 1.19 bits per heavy atom. The first-order chi connectivity index (χ1) is 12.6. The first kappa shape index (κ1) is 18.9. The van der Waals surface area contributed by atoms with E-state index in [0.29, 0.717) is 11.6 Å². The molecule has 3 N–H and O–H groups in total. The Kier molecular flexibility index (Phi) is 6.30. The van der Waals surface area contributed by atoms with Gasteiger partial charge in [-0.2, -0.15) is 0 Å². The van der Waals surface area contributed by atoms with Crippen molar-refractivity contribution < 1.29 is 4.79 Å². The van der Waals surface area contributed by atoms with Crippen molar-refractivity contribution >= 4 is 17.5 Å². The molecule has 138 valence electrons. The lowest BCUT2D eigenvalue weighted by Gasteiger charge is -2.20. The van der Waals surface area contributed by atoms with Gasteiger partial charge < -0.3 is 11.1 Å². The van der Waals surface area contributed by atoms with E-state index in [-0.39, 0.29) is 23.9 Å². The lowest BCUT2D eigenvalue weighted by molar-refractivity contribution is -0.122. The van der Waals surface area contributed by atoms with Crippen LogP contribution >= 0.6 is 11.6 Å². The van der Waals surface area contributed by atoms with Gasteiger partial charge in [0.2, 0.25) is 5.91 Å². The zero-order chi connectivity index (χ0) is 18.5. The number of hydrogen-bond acceptors (Lipinski definition) is 3. The second kappa shape index (κ2) is 8.67. The second-order valence-corrected chi connectivity index (χ2v) is 7.39. The highest BCUT2D eigenvalue weighted by atomic mass is 35.5. The van der Waals surface area contributed by atoms with Crippen LogP contribution in [0.5, 0.6) is 0 Å². The minimum absolute atomic E-state index is 0.000892. The van der Waals surface area contributed by atoms with Crippen LogP contribution in [-0.2, 0) is 4.79 Å². The van der Waals surface area contributed by atoms with Crippen LogP contribution in [0.25, 0.3) is 0 Å². The molecule has 2 aromatic carbocycles. The normalized spacial score (nSPS) is 21.5. The number of carbonyl (C=O) groups excluding carboxylic acids is 1. The van der Waals surface area contributed by atoms with Gasteiger partial charge in [-0.1, -0.05) is 61.0 Å². The summed E-state index contributed by atoms with van der Waals surface area (Å²) in [7, 11) is 0. The van der Waals surface area contributed by atoms with Crippen molar-refractivity contribution in [3.05, 3.63) is 70.7 Å². The molecule has 1 saturated heterocycles. The molecule has 5 heteroatoms. The van der Waals surface area contributed by atoms with E-state index in [2.05, 4.69) is 29.3 Å². The second-order valence-electron chi connectivity index (χ2n) is 6.96. The summed E-state index contributed by atoms with van der Waals surface area (Å²) >= 11 is 5.95. The predicted molar refractivity (Wildman–Crippen MR) is 106 cm³/mol. The minimum Gasteiger partial charge on any atom is -0.348 e. The summed E-state index contributed by atoms with van der Waals surface area (Å²) < 4.78 is 0. The van der Waals surface area contributed by atoms with Crippen LogP contribution in [0.4, 0.5) is 0 Å². The van der Waals surface area contributed by atoms with E-state index >= 15 is 0 Å². The van der Waals surface area contributed by atoms with Gasteiger partial charge in [0.1, 0.15) is 0 Å². The molecule has 2 aromatic rings. The van der Waals surface area contributed by atoms with Crippen molar-refractivity contribution in [3.63, 3.8) is 0 Å². The first-order valence-corrected chi connectivity index (χ1v) is 9.52. The Morgan fingerprint density at radius 3 is 2.54 bits per heavy atom. The third-order valence-electron chi connectivity index (χ3n) is 5.05. The molecule has 26 heavy (non-hydrogen) atoms. The van der Waals surface area contributed by atoms with Gasteiger partial charge in [-0.15, -0.1) is 0 Å². The number of amides is 1.